The third kappa shape index (κ3) is 4.35. The first-order chi connectivity index (χ1) is 13.5. The molecule has 0 aliphatic heterocycles. The van der Waals surface area contributed by atoms with E-state index in [1.54, 1.807) is 31.4 Å². The molecule has 1 aromatic heterocycles. The average molecular weight is 393 g/mol. The van der Waals surface area contributed by atoms with Gasteiger partial charge in [-0.2, -0.15) is 5.26 Å². The molecular formula is C21H19N3O3S. The Morgan fingerprint density at radius 1 is 1.18 bits per heavy atom. The predicted molar refractivity (Wildman–Crippen MR) is 110 cm³/mol. The van der Waals surface area contributed by atoms with E-state index in [0.717, 1.165) is 16.5 Å². The number of hydrogen-bond donors (Lipinski definition) is 1. The molecule has 3 aromatic rings. The third-order valence-electron chi connectivity index (χ3n) is 4.08. The summed E-state index contributed by atoms with van der Waals surface area (Å²) in [6, 6.07) is 15.0. The number of ether oxygens (including phenoxy) is 2. The fraction of sp³-hybridized carbons (Fsp3) is 0.190. The maximum atomic E-state index is 12.4. The first kappa shape index (κ1) is 19.5. The summed E-state index contributed by atoms with van der Waals surface area (Å²) in [6.45, 7) is 1.99. The van der Waals surface area contributed by atoms with Gasteiger partial charge in [0.25, 0.3) is 0 Å². The Kier molecular flexibility index (Phi) is 6.02. The summed E-state index contributed by atoms with van der Waals surface area (Å²) in [5.41, 5.74) is 2.90. The van der Waals surface area contributed by atoms with E-state index >= 15 is 0 Å². The quantitative estimate of drug-likeness (QED) is 0.633. The molecule has 142 valence electrons. The predicted octanol–water partition coefficient (Wildman–Crippen LogP) is 4.16. The largest absolute Gasteiger partial charge is 0.497 e. The second kappa shape index (κ2) is 8.63. The number of thioether (sulfide) groups is 1. The van der Waals surface area contributed by atoms with Gasteiger partial charge >= 0.3 is 0 Å². The van der Waals surface area contributed by atoms with Gasteiger partial charge in [-0.15, -0.1) is 0 Å². The summed E-state index contributed by atoms with van der Waals surface area (Å²) in [4.78, 5) is 17.0. The zero-order valence-electron chi connectivity index (χ0n) is 15.8. The number of amides is 1. The second-order valence-corrected chi connectivity index (χ2v) is 7.02. The monoisotopic (exact) mass is 393 g/mol. The lowest BCUT2D eigenvalue weighted by molar-refractivity contribution is -0.113. The van der Waals surface area contributed by atoms with Gasteiger partial charge in [-0.1, -0.05) is 23.9 Å². The van der Waals surface area contributed by atoms with Crippen LogP contribution in [0.4, 0.5) is 5.69 Å². The summed E-state index contributed by atoms with van der Waals surface area (Å²) >= 11 is 1.23. The molecule has 0 bridgehead atoms. The molecule has 0 aliphatic carbocycles. The van der Waals surface area contributed by atoms with Gasteiger partial charge in [-0.25, -0.2) is 4.98 Å². The van der Waals surface area contributed by atoms with Crippen LogP contribution in [0.25, 0.3) is 10.9 Å². The van der Waals surface area contributed by atoms with Gasteiger partial charge in [-0.3, -0.25) is 4.79 Å². The van der Waals surface area contributed by atoms with E-state index in [4.69, 9.17) is 9.47 Å². The first-order valence-corrected chi connectivity index (χ1v) is 9.49. The van der Waals surface area contributed by atoms with Crippen molar-refractivity contribution >= 4 is 34.3 Å². The third-order valence-corrected chi connectivity index (χ3v) is 5.07. The van der Waals surface area contributed by atoms with E-state index in [2.05, 4.69) is 16.4 Å². The first-order valence-electron chi connectivity index (χ1n) is 8.50. The van der Waals surface area contributed by atoms with E-state index in [1.165, 1.54) is 18.9 Å². The van der Waals surface area contributed by atoms with Crippen LogP contribution in [0.3, 0.4) is 0 Å². The molecule has 0 unspecified atom stereocenters. The molecule has 28 heavy (non-hydrogen) atoms. The normalized spacial score (nSPS) is 10.4. The Morgan fingerprint density at radius 2 is 2.00 bits per heavy atom. The van der Waals surface area contributed by atoms with Crippen molar-refractivity contribution in [1.82, 2.24) is 4.98 Å². The number of hydrogen-bond acceptors (Lipinski definition) is 6. The number of nitrogens with zero attached hydrogens (tertiary/aromatic N) is 2. The number of fused-ring (bicyclic) bond motifs is 1. The molecule has 1 N–H and O–H groups in total. The van der Waals surface area contributed by atoms with Gasteiger partial charge in [0.1, 0.15) is 22.6 Å². The van der Waals surface area contributed by atoms with Gasteiger partial charge < -0.3 is 14.8 Å². The zero-order chi connectivity index (χ0) is 20.1. The highest BCUT2D eigenvalue weighted by molar-refractivity contribution is 8.00. The Morgan fingerprint density at radius 3 is 2.71 bits per heavy atom. The number of methoxy groups -OCH3 is 2. The van der Waals surface area contributed by atoms with Gasteiger partial charge in [0, 0.05) is 11.5 Å². The zero-order valence-corrected chi connectivity index (χ0v) is 16.6. The van der Waals surface area contributed by atoms with Crippen LogP contribution in [0, 0.1) is 18.3 Å². The van der Waals surface area contributed by atoms with Crippen LogP contribution in [-0.4, -0.2) is 30.9 Å². The molecule has 0 radical (unpaired) electrons. The van der Waals surface area contributed by atoms with Crippen LogP contribution in [0.5, 0.6) is 11.5 Å². The van der Waals surface area contributed by atoms with Crippen LogP contribution in [0.15, 0.2) is 47.5 Å². The number of aromatic nitrogens is 1. The maximum Gasteiger partial charge on any atom is 0.234 e. The summed E-state index contributed by atoms with van der Waals surface area (Å²) in [7, 11) is 3.09. The standard InChI is InChI=1S/C21H19N3O3S/c1-13-4-5-14-9-15(11-22)21(24-18(14)8-13)28-12-20(25)23-17-7-6-16(26-2)10-19(17)27-3/h4-10H,12H2,1-3H3,(H,23,25). The van der Waals surface area contributed by atoms with Crippen molar-refractivity contribution in [1.29, 1.82) is 5.26 Å². The number of aryl methyl sites for hydroxylation is 1. The van der Waals surface area contributed by atoms with Crippen molar-refractivity contribution in [3.05, 3.63) is 53.6 Å². The molecule has 2 aromatic carbocycles. The van der Waals surface area contributed by atoms with Crippen LogP contribution < -0.4 is 14.8 Å². The summed E-state index contributed by atoms with van der Waals surface area (Å²) in [6.07, 6.45) is 0. The molecule has 0 saturated heterocycles. The van der Waals surface area contributed by atoms with Crippen molar-refractivity contribution in [3.63, 3.8) is 0 Å². The number of benzene rings is 2. The van der Waals surface area contributed by atoms with E-state index in [1.807, 2.05) is 25.1 Å². The minimum absolute atomic E-state index is 0.119. The lowest BCUT2D eigenvalue weighted by atomic mass is 10.1. The highest BCUT2D eigenvalue weighted by atomic mass is 32.2. The molecule has 0 atom stereocenters. The molecule has 3 rings (SSSR count). The SMILES string of the molecule is COc1ccc(NC(=O)CSc2nc3cc(C)ccc3cc2C#N)c(OC)c1. The van der Waals surface area contributed by atoms with E-state index in [-0.39, 0.29) is 11.7 Å². The highest BCUT2D eigenvalue weighted by Gasteiger charge is 2.13. The molecule has 0 spiro atoms. The number of nitrogens with one attached hydrogen (secondary N) is 1. The molecule has 6 nitrogen and oxygen atoms in total. The molecule has 0 aliphatic rings. The minimum atomic E-state index is -0.219. The van der Waals surface area contributed by atoms with Crippen molar-refractivity contribution < 1.29 is 14.3 Å². The number of carbonyl (C=O) groups excluding carboxylic acids is 1. The average Bonchev–Trinajstić information content (AvgIpc) is 2.71. The molecule has 1 amide bonds. The van der Waals surface area contributed by atoms with Gasteiger partial charge in [0.15, 0.2) is 0 Å². The van der Waals surface area contributed by atoms with Crippen LogP contribution >= 0.6 is 11.8 Å². The van der Waals surface area contributed by atoms with Crippen LogP contribution in [0.2, 0.25) is 0 Å². The molecule has 7 heteroatoms. The van der Waals surface area contributed by atoms with Gasteiger partial charge in [0.2, 0.25) is 5.91 Å². The fourth-order valence-electron chi connectivity index (χ4n) is 2.67. The lowest BCUT2D eigenvalue weighted by Gasteiger charge is -2.11. The van der Waals surface area contributed by atoms with Crippen molar-refractivity contribution in [2.45, 2.75) is 11.9 Å². The van der Waals surface area contributed by atoms with Gasteiger partial charge in [0.05, 0.1) is 36.7 Å². The number of carbonyl (C=O) groups is 1. The lowest BCUT2D eigenvalue weighted by Crippen LogP contribution is -2.15. The topological polar surface area (TPSA) is 84.2 Å². The highest BCUT2D eigenvalue weighted by Crippen LogP contribution is 2.30. The summed E-state index contributed by atoms with van der Waals surface area (Å²) < 4.78 is 10.4. The van der Waals surface area contributed by atoms with Crippen LogP contribution in [-0.2, 0) is 4.79 Å². The van der Waals surface area contributed by atoms with Crippen molar-refractivity contribution in [3.8, 4) is 17.6 Å². The van der Waals surface area contributed by atoms with E-state index < -0.39 is 0 Å². The van der Waals surface area contributed by atoms with E-state index in [9.17, 15) is 10.1 Å². The minimum Gasteiger partial charge on any atom is -0.497 e. The smallest absolute Gasteiger partial charge is 0.234 e. The number of anilines is 1. The fourth-order valence-corrected chi connectivity index (χ4v) is 3.43. The number of nitriles is 1. The van der Waals surface area contributed by atoms with Crippen molar-refractivity contribution in [2.24, 2.45) is 0 Å². The Hall–Kier alpha value is -3.24. The summed E-state index contributed by atoms with van der Waals surface area (Å²) in [5, 5.41) is 13.7. The number of pyridine rings is 1. The van der Waals surface area contributed by atoms with Gasteiger partial charge in [-0.05, 0) is 36.8 Å². The number of rotatable bonds is 6. The second-order valence-electron chi connectivity index (χ2n) is 6.05. The Bertz CT molecular complexity index is 1080. The van der Waals surface area contributed by atoms with Crippen molar-refractivity contribution in [2.75, 3.05) is 25.3 Å². The summed E-state index contributed by atoms with van der Waals surface area (Å²) in [5.74, 6) is 1.05. The maximum absolute atomic E-state index is 12.4. The Balaban J connectivity index is 1.75. The molecule has 1 heterocycles. The molecular weight excluding hydrogens is 374 g/mol. The van der Waals surface area contributed by atoms with Crippen LogP contribution in [0.1, 0.15) is 11.1 Å². The Labute approximate surface area is 167 Å². The molecule has 0 fully saturated rings. The van der Waals surface area contributed by atoms with E-state index in [0.29, 0.717) is 27.8 Å². The molecule has 0 saturated carbocycles.